The second-order valence-electron chi connectivity index (χ2n) is 3.87. The number of nitrogen functional groups attached to an aromatic ring is 1. The summed E-state index contributed by atoms with van der Waals surface area (Å²) in [6.45, 7) is 4.02. The predicted octanol–water partition coefficient (Wildman–Crippen LogP) is 0.250. The molecular formula is C11H21N5O2. The number of methoxy groups -OCH3 is 2. The molecule has 0 bridgehead atoms. The molecule has 0 saturated heterocycles. The van der Waals surface area contributed by atoms with E-state index in [0.29, 0.717) is 19.2 Å². The number of hydrogen-bond acceptors (Lipinski definition) is 7. The van der Waals surface area contributed by atoms with Crippen molar-refractivity contribution in [2.45, 2.75) is 13.0 Å². The Morgan fingerprint density at radius 2 is 2.22 bits per heavy atom. The first-order chi connectivity index (χ1) is 8.72. The Kier molecular flexibility index (Phi) is 6.34. The van der Waals surface area contributed by atoms with Crippen molar-refractivity contribution in [3.8, 4) is 0 Å². The highest BCUT2D eigenvalue weighted by molar-refractivity contribution is 5.43. The lowest BCUT2D eigenvalue weighted by molar-refractivity contribution is 0.170. The van der Waals surface area contributed by atoms with Gasteiger partial charge >= 0.3 is 0 Å². The molecule has 1 unspecified atom stereocenters. The number of nitrogens with one attached hydrogen (secondary N) is 1. The summed E-state index contributed by atoms with van der Waals surface area (Å²) in [5, 5.41) is 0. The summed E-state index contributed by atoms with van der Waals surface area (Å²) in [4.78, 5) is 10.4. The molecule has 1 heterocycles. The van der Waals surface area contributed by atoms with E-state index in [1.54, 1.807) is 20.4 Å². The van der Waals surface area contributed by atoms with Crippen LogP contribution in [0.5, 0.6) is 0 Å². The van der Waals surface area contributed by atoms with Crippen LogP contribution in [0.2, 0.25) is 0 Å². The molecule has 1 atom stereocenters. The van der Waals surface area contributed by atoms with Crippen molar-refractivity contribution in [2.75, 3.05) is 44.3 Å². The molecule has 0 aliphatic rings. The topological polar surface area (TPSA) is 85.5 Å². The minimum Gasteiger partial charge on any atom is -0.383 e. The Morgan fingerprint density at radius 1 is 1.44 bits per heavy atom. The van der Waals surface area contributed by atoms with E-state index in [9.17, 15) is 0 Å². The van der Waals surface area contributed by atoms with Crippen LogP contribution in [0, 0.1) is 0 Å². The lowest BCUT2D eigenvalue weighted by atomic mass is 10.3. The van der Waals surface area contributed by atoms with Gasteiger partial charge < -0.3 is 14.4 Å². The third-order valence-corrected chi connectivity index (χ3v) is 2.54. The average Bonchev–Trinajstić information content (AvgIpc) is 2.40. The van der Waals surface area contributed by atoms with E-state index in [1.165, 1.54) is 0 Å². The third kappa shape index (κ3) is 4.10. The van der Waals surface area contributed by atoms with Gasteiger partial charge in [0.15, 0.2) is 0 Å². The molecule has 3 N–H and O–H groups in total. The number of hydrazine groups is 1. The summed E-state index contributed by atoms with van der Waals surface area (Å²) in [5.41, 5.74) is 2.44. The summed E-state index contributed by atoms with van der Waals surface area (Å²) < 4.78 is 10.3. The van der Waals surface area contributed by atoms with Gasteiger partial charge in [-0.05, 0) is 13.0 Å². The first kappa shape index (κ1) is 14.6. The van der Waals surface area contributed by atoms with Crippen LogP contribution in [0.25, 0.3) is 0 Å². The molecule has 0 aromatic carbocycles. The van der Waals surface area contributed by atoms with Gasteiger partial charge in [-0.15, -0.1) is 0 Å². The van der Waals surface area contributed by atoms with Crippen LogP contribution in [0.1, 0.15) is 6.92 Å². The standard InChI is InChI=1S/C11H21N5O2/c1-9(8-18-3)16(6-7-17-2)10-4-5-13-11(14-10)15-12/h4-5,9H,6-8,12H2,1-3H3,(H,13,14,15). The van der Waals surface area contributed by atoms with Crippen LogP contribution < -0.4 is 16.2 Å². The van der Waals surface area contributed by atoms with E-state index < -0.39 is 0 Å². The summed E-state index contributed by atoms with van der Waals surface area (Å²) in [6.07, 6.45) is 1.66. The van der Waals surface area contributed by atoms with Gasteiger partial charge in [0.2, 0.25) is 5.95 Å². The minimum atomic E-state index is 0.186. The lowest BCUT2D eigenvalue weighted by Crippen LogP contribution is -2.39. The largest absolute Gasteiger partial charge is 0.383 e. The van der Waals surface area contributed by atoms with Gasteiger partial charge in [0.05, 0.1) is 19.3 Å². The summed E-state index contributed by atoms with van der Waals surface area (Å²) >= 11 is 0. The zero-order valence-electron chi connectivity index (χ0n) is 11.1. The fraction of sp³-hybridized carbons (Fsp3) is 0.636. The van der Waals surface area contributed by atoms with Crippen molar-refractivity contribution in [1.82, 2.24) is 9.97 Å². The molecule has 1 aromatic heterocycles. The molecule has 0 amide bonds. The fourth-order valence-corrected chi connectivity index (χ4v) is 1.66. The van der Waals surface area contributed by atoms with Gasteiger partial charge in [-0.1, -0.05) is 0 Å². The first-order valence-electron chi connectivity index (χ1n) is 5.77. The van der Waals surface area contributed by atoms with Gasteiger partial charge in [0.25, 0.3) is 0 Å². The molecule has 0 aliphatic heterocycles. The van der Waals surface area contributed by atoms with Gasteiger partial charge in [-0.2, -0.15) is 4.98 Å². The van der Waals surface area contributed by atoms with E-state index in [0.717, 1.165) is 12.4 Å². The van der Waals surface area contributed by atoms with Crippen molar-refractivity contribution in [2.24, 2.45) is 5.84 Å². The van der Waals surface area contributed by atoms with Crippen LogP contribution in [0.4, 0.5) is 11.8 Å². The average molecular weight is 255 g/mol. The van der Waals surface area contributed by atoms with Crippen molar-refractivity contribution >= 4 is 11.8 Å². The minimum absolute atomic E-state index is 0.186. The highest BCUT2D eigenvalue weighted by Crippen LogP contribution is 2.15. The van der Waals surface area contributed by atoms with E-state index >= 15 is 0 Å². The Hall–Kier alpha value is -1.44. The van der Waals surface area contributed by atoms with E-state index in [4.69, 9.17) is 15.3 Å². The molecule has 0 fully saturated rings. The van der Waals surface area contributed by atoms with Crippen molar-refractivity contribution in [1.29, 1.82) is 0 Å². The fourth-order valence-electron chi connectivity index (χ4n) is 1.66. The van der Waals surface area contributed by atoms with E-state index in [2.05, 4.69) is 27.2 Å². The zero-order valence-corrected chi connectivity index (χ0v) is 11.1. The van der Waals surface area contributed by atoms with Crippen LogP contribution in [0.15, 0.2) is 12.3 Å². The highest BCUT2D eigenvalue weighted by Gasteiger charge is 2.16. The molecule has 18 heavy (non-hydrogen) atoms. The number of aromatic nitrogens is 2. The third-order valence-electron chi connectivity index (χ3n) is 2.54. The number of rotatable bonds is 8. The summed E-state index contributed by atoms with van der Waals surface area (Å²) in [5.74, 6) is 6.49. The van der Waals surface area contributed by atoms with Crippen molar-refractivity contribution in [3.05, 3.63) is 12.3 Å². The number of hydrogen-bond donors (Lipinski definition) is 2. The highest BCUT2D eigenvalue weighted by atomic mass is 16.5. The SMILES string of the molecule is COCCN(c1ccnc(NN)n1)C(C)COC. The number of nitrogens with zero attached hydrogens (tertiary/aromatic N) is 3. The van der Waals surface area contributed by atoms with Crippen LogP contribution in [-0.4, -0.2) is 50.0 Å². The monoisotopic (exact) mass is 255 g/mol. The molecule has 1 aromatic rings. The Labute approximate surface area is 107 Å². The second-order valence-corrected chi connectivity index (χ2v) is 3.87. The Morgan fingerprint density at radius 3 is 2.83 bits per heavy atom. The lowest BCUT2D eigenvalue weighted by Gasteiger charge is -2.29. The summed E-state index contributed by atoms with van der Waals surface area (Å²) in [7, 11) is 3.35. The molecule has 1 rings (SSSR count). The smallest absolute Gasteiger partial charge is 0.239 e. The van der Waals surface area contributed by atoms with Gasteiger partial charge in [0.1, 0.15) is 5.82 Å². The second kappa shape index (κ2) is 7.80. The number of nitrogens with two attached hydrogens (primary N) is 1. The molecule has 0 spiro atoms. The summed E-state index contributed by atoms with van der Waals surface area (Å²) in [6, 6.07) is 2.02. The van der Waals surface area contributed by atoms with E-state index in [-0.39, 0.29) is 6.04 Å². The molecule has 7 heteroatoms. The van der Waals surface area contributed by atoms with Crippen LogP contribution in [0.3, 0.4) is 0 Å². The Balaban J connectivity index is 2.85. The normalized spacial score (nSPS) is 12.2. The van der Waals surface area contributed by atoms with Gasteiger partial charge in [-0.25, -0.2) is 10.8 Å². The molecule has 7 nitrogen and oxygen atoms in total. The first-order valence-corrected chi connectivity index (χ1v) is 5.77. The van der Waals surface area contributed by atoms with Gasteiger partial charge in [0, 0.05) is 27.0 Å². The quantitative estimate of drug-likeness (QED) is 0.508. The van der Waals surface area contributed by atoms with E-state index in [1.807, 2.05) is 6.07 Å². The van der Waals surface area contributed by atoms with Crippen molar-refractivity contribution in [3.63, 3.8) is 0 Å². The molecule has 0 saturated carbocycles. The van der Waals surface area contributed by atoms with Crippen LogP contribution >= 0.6 is 0 Å². The molecular weight excluding hydrogens is 234 g/mol. The van der Waals surface area contributed by atoms with Crippen LogP contribution in [-0.2, 0) is 9.47 Å². The zero-order chi connectivity index (χ0) is 13.4. The maximum Gasteiger partial charge on any atom is 0.239 e. The maximum absolute atomic E-state index is 5.31. The predicted molar refractivity (Wildman–Crippen MR) is 70.4 cm³/mol. The molecule has 102 valence electrons. The van der Waals surface area contributed by atoms with Crippen molar-refractivity contribution < 1.29 is 9.47 Å². The Bertz CT molecular complexity index is 350. The number of anilines is 2. The maximum atomic E-state index is 5.31. The number of ether oxygens (including phenoxy) is 2. The van der Waals surface area contributed by atoms with Gasteiger partial charge in [-0.3, -0.25) is 5.43 Å². The molecule has 0 radical (unpaired) electrons. The molecule has 0 aliphatic carbocycles.